The van der Waals surface area contributed by atoms with Gasteiger partial charge < -0.3 is 5.11 Å². The number of amides is 1. The van der Waals surface area contributed by atoms with E-state index in [1.165, 1.54) is 16.7 Å². The monoisotopic (exact) mass is 333 g/mol. The molecule has 0 bridgehead atoms. The third-order valence-electron chi connectivity index (χ3n) is 3.14. The van der Waals surface area contributed by atoms with E-state index < -0.39 is 5.97 Å². The highest BCUT2D eigenvalue weighted by Crippen LogP contribution is 2.31. The Hall–Kier alpha value is -1.92. The molecule has 0 aromatic heterocycles. The predicted molar refractivity (Wildman–Crippen MR) is 92.3 cm³/mol. The Labute approximate surface area is 138 Å². The highest BCUT2D eigenvalue weighted by atomic mass is 32.2. The van der Waals surface area contributed by atoms with E-state index in [2.05, 4.69) is 0 Å². The van der Waals surface area contributed by atoms with E-state index in [0.29, 0.717) is 9.23 Å². The zero-order valence-corrected chi connectivity index (χ0v) is 13.6. The Balaban J connectivity index is 2.11. The lowest BCUT2D eigenvalue weighted by Crippen LogP contribution is -2.30. The lowest BCUT2D eigenvalue weighted by Gasteiger charge is -2.12. The molecule has 0 unspecified atom stereocenters. The maximum Gasteiger partial charge on any atom is 0.305 e. The first kappa shape index (κ1) is 16.5. The molecule has 0 spiro atoms. The van der Waals surface area contributed by atoms with Gasteiger partial charge in [-0.3, -0.25) is 14.5 Å². The van der Waals surface area contributed by atoms with E-state index in [4.69, 9.17) is 17.3 Å². The van der Waals surface area contributed by atoms with Crippen molar-refractivity contribution < 1.29 is 14.7 Å². The molecule has 114 valence electrons. The molecule has 1 aliphatic rings. The fourth-order valence-electron chi connectivity index (χ4n) is 1.91. The van der Waals surface area contributed by atoms with Gasteiger partial charge in [-0.25, -0.2) is 0 Å². The van der Waals surface area contributed by atoms with Crippen molar-refractivity contribution in [2.75, 3.05) is 6.54 Å². The van der Waals surface area contributed by atoms with Gasteiger partial charge in [-0.05, 0) is 24.1 Å². The first-order valence-electron chi connectivity index (χ1n) is 6.68. The van der Waals surface area contributed by atoms with Crippen molar-refractivity contribution in [3.8, 4) is 0 Å². The molecular weight excluding hydrogens is 318 g/mol. The molecule has 0 atom stereocenters. The Bertz CT molecular complexity index is 665. The standard InChI is InChI=1S/C16H15NO3S2/c1-11(12-5-3-2-4-6-12)7-8-13-15(20)17(16(21)22-13)10-9-14(18)19/h2-8H,9-10H2,1H3,(H,18,19)/b11-7-,13-8+. The molecule has 1 heterocycles. The number of carbonyl (C=O) groups excluding carboxylic acids is 1. The van der Waals surface area contributed by atoms with Gasteiger partial charge >= 0.3 is 5.97 Å². The van der Waals surface area contributed by atoms with Gasteiger partial charge in [0.05, 0.1) is 11.3 Å². The summed E-state index contributed by atoms with van der Waals surface area (Å²) in [4.78, 5) is 24.7. The van der Waals surface area contributed by atoms with Gasteiger partial charge in [0.25, 0.3) is 5.91 Å². The minimum absolute atomic E-state index is 0.110. The van der Waals surface area contributed by atoms with Crippen molar-refractivity contribution >= 4 is 45.7 Å². The van der Waals surface area contributed by atoms with Crippen molar-refractivity contribution in [2.45, 2.75) is 13.3 Å². The maximum atomic E-state index is 12.2. The Kier molecular flexibility index (Phi) is 5.51. The van der Waals surface area contributed by atoms with E-state index in [1.807, 2.05) is 43.3 Å². The number of thiocarbonyl (C=S) groups is 1. The van der Waals surface area contributed by atoms with Gasteiger partial charge in [0.15, 0.2) is 0 Å². The maximum absolute atomic E-state index is 12.2. The normalized spacial score (nSPS) is 17.4. The number of hydrogen-bond acceptors (Lipinski definition) is 4. The van der Waals surface area contributed by atoms with Crippen LogP contribution in [0.4, 0.5) is 0 Å². The Morgan fingerprint density at radius 2 is 2.05 bits per heavy atom. The fourth-order valence-corrected chi connectivity index (χ4v) is 3.16. The second-order valence-corrected chi connectivity index (χ2v) is 6.39. The number of rotatable bonds is 5. The van der Waals surface area contributed by atoms with Crippen molar-refractivity contribution in [1.82, 2.24) is 4.90 Å². The van der Waals surface area contributed by atoms with Crippen LogP contribution in [0.1, 0.15) is 18.9 Å². The molecule has 22 heavy (non-hydrogen) atoms. The van der Waals surface area contributed by atoms with Crippen LogP contribution in [0.15, 0.2) is 47.4 Å². The average molecular weight is 333 g/mol. The van der Waals surface area contributed by atoms with Gasteiger partial charge in [0.2, 0.25) is 0 Å². The number of allylic oxidation sites excluding steroid dienone is 3. The zero-order valence-electron chi connectivity index (χ0n) is 12.0. The molecule has 1 aromatic carbocycles. The van der Waals surface area contributed by atoms with E-state index in [0.717, 1.165) is 11.1 Å². The summed E-state index contributed by atoms with van der Waals surface area (Å²) in [6, 6.07) is 9.86. The number of thioether (sulfide) groups is 1. The second kappa shape index (κ2) is 7.38. The van der Waals surface area contributed by atoms with Gasteiger partial charge in [-0.1, -0.05) is 60.4 Å². The van der Waals surface area contributed by atoms with Crippen molar-refractivity contribution in [3.05, 3.63) is 53.0 Å². The van der Waals surface area contributed by atoms with Crippen LogP contribution < -0.4 is 0 Å². The van der Waals surface area contributed by atoms with Crippen LogP contribution in [0.5, 0.6) is 0 Å². The summed E-state index contributed by atoms with van der Waals surface area (Å²) < 4.78 is 0.406. The predicted octanol–water partition coefficient (Wildman–Crippen LogP) is 3.31. The van der Waals surface area contributed by atoms with Crippen molar-refractivity contribution in [3.63, 3.8) is 0 Å². The lowest BCUT2D eigenvalue weighted by atomic mass is 10.1. The van der Waals surface area contributed by atoms with Crippen LogP contribution >= 0.6 is 24.0 Å². The summed E-state index contributed by atoms with van der Waals surface area (Å²) in [5, 5.41) is 8.70. The van der Waals surface area contributed by atoms with Crippen LogP contribution in [0.2, 0.25) is 0 Å². The largest absolute Gasteiger partial charge is 0.481 e. The third-order valence-corrected chi connectivity index (χ3v) is 4.53. The molecule has 1 saturated heterocycles. The Morgan fingerprint density at radius 3 is 2.68 bits per heavy atom. The van der Waals surface area contributed by atoms with E-state index in [1.54, 1.807) is 6.08 Å². The molecular formula is C16H15NO3S2. The van der Waals surface area contributed by atoms with Crippen LogP contribution in [0, 0.1) is 0 Å². The molecule has 1 amide bonds. The summed E-state index contributed by atoms with van der Waals surface area (Å²) in [5.41, 5.74) is 2.12. The summed E-state index contributed by atoms with van der Waals surface area (Å²) in [6.07, 6.45) is 3.50. The number of hydrogen-bond donors (Lipinski definition) is 1. The summed E-state index contributed by atoms with van der Waals surface area (Å²) in [6.45, 7) is 2.08. The number of carboxylic acids is 1. The number of carbonyl (C=O) groups is 2. The van der Waals surface area contributed by atoms with Crippen LogP contribution in [-0.4, -0.2) is 32.7 Å². The number of aliphatic carboxylic acids is 1. The second-order valence-electron chi connectivity index (χ2n) is 4.72. The molecule has 0 aliphatic carbocycles. The van der Waals surface area contributed by atoms with Crippen LogP contribution in [0.3, 0.4) is 0 Å². The summed E-state index contributed by atoms with van der Waals surface area (Å²) in [5.74, 6) is -1.17. The smallest absolute Gasteiger partial charge is 0.305 e. The molecule has 6 heteroatoms. The lowest BCUT2D eigenvalue weighted by molar-refractivity contribution is -0.137. The van der Waals surface area contributed by atoms with Crippen LogP contribution in [0.25, 0.3) is 5.57 Å². The third kappa shape index (κ3) is 4.05. The Morgan fingerprint density at radius 1 is 1.36 bits per heavy atom. The fraction of sp³-hybridized carbons (Fsp3) is 0.188. The van der Waals surface area contributed by atoms with E-state index in [-0.39, 0.29) is 18.9 Å². The minimum Gasteiger partial charge on any atom is -0.481 e. The molecule has 2 rings (SSSR count). The molecule has 1 aliphatic heterocycles. The molecule has 1 fully saturated rings. The SMILES string of the molecule is C/C(=C/C=C1/SC(=S)N(CCC(=O)O)C1=O)c1ccccc1. The first-order valence-corrected chi connectivity index (χ1v) is 7.91. The van der Waals surface area contributed by atoms with Gasteiger partial charge in [0.1, 0.15) is 4.32 Å². The highest BCUT2D eigenvalue weighted by Gasteiger charge is 2.31. The quantitative estimate of drug-likeness (QED) is 0.662. The van der Waals surface area contributed by atoms with Crippen molar-refractivity contribution in [2.24, 2.45) is 0 Å². The van der Waals surface area contributed by atoms with Crippen LogP contribution in [-0.2, 0) is 9.59 Å². The van der Waals surface area contributed by atoms with Crippen molar-refractivity contribution in [1.29, 1.82) is 0 Å². The average Bonchev–Trinajstić information content (AvgIpc) is 2.77. The number of benzene rings is 1. The summed E-state index contributed by atoms with van der Waals surface area (Å²) in [7, 11) is 0. The molecule has 0 radical (unpaired) electrons. The number of nitrogens with zero attached hydrogens (tertiary/aromatic N) is 1. The zero-order chi connectivity index (χ0) is 16.1. The van der Waals surface area contributed by atoms with Gasteiger partial charge in [-0.2, -0.15) is 0 Å². The number of carboxylic acid groups (broad SMARTS) is 1. The molecule has 1 aromatic rings. The minimum atomic E-state index is -0.946. The molecule has 4 nitrogen and oxygen atoms in total. The first-order chi connectivity index (χ1) is 10.5. The molecule has 1 N–H and O–H groups in total. The topological polar surface area (TPSA) is 57.6 Å². The molecule has 0 saturated carbocycles. The summed E-state index contributed by atoms with van der Waals surface area (Å²) >= 11 is 6.34. The van der Waals surface area contributed by atoms with Gasteiger partial charge in [0, 0.05) is 6.54 Å². The van der Waals surface area contributed by atoms with E-state index in [9.17, 15) is 9.59 Å². The van der Waals surface area contributed by atoms with E-state index >= 15 is 0 Å². The van der Waals surface area contributed by atoms with Gasteiger partial charge in [-0.15, -0.1) is 0 Å². The highest BCUT2D eigenvalue weighted by molar-refractivity contribution is 8.26.